The Labute approximate surface area is 126 Å². The summed E-state index contributed by atoms with van der Waals surface area (Å²) in [6.07, 6.45) is -0.455. The summed E-state index contributed by atoms with van der Waals surface area (Å²) in [5.74, 6) is 0.549. The number of nitrogens with one attached hydrogen (secondary N) is 2. The lowest BCUT2D eigenvalue weighted by molar-refractivity contribution is 0.124. The van der Waals surface area contributed by atoms with Crippen molar-refractivity contribution < 1.29 is 19.1 Å². The van der Waals surface area contributed by atoms with E-state index in [0.29, 0.717) is 26.2 Å². The summed E-state index contributed by atoms with van der Waals surface area (Å²) in [5, 5.41) is 5.29. The molecule has 0 aliphatic heterocycles. The van der Waals surface area contributed by atoms with Crippen LogP contribution in [0, 0.1) is 11.8 Å². The summed E-state index contributed by atoms with van der Waals surface area (Å²) in [4.78, 5) is 23.0. The summed E-state index contributed by atoms with van der Waals surface area (Å²) in [6.45, 7) is 9.19. The fourth-order valence-electron chi connectivity index (χ4n) is 1.38. The van der Waals surface area contributed by atoms with Gasteiger partial charge in [-0.05, 0) is 24.8 Å². The van der Waals surface area contributed by atoms with Crippen molar-refractivity contribution in [1.82, 2.24) is 10.6 Å². The lowest BCUT2D eigenvalue weighted by Crippen LogP contribution is -2.45. The van der Waals surface area contributed by atoms with Crippen LogP contribution in [0.4, 0.5) is 9.59 Å². The van der Waals surface area contributed by atoms with Crippen molar-refractivity contribution in [2.24, 2.45) is 17.6 Å². The molecule has 0 heterocycles. The lowest BCUT2D eigenvalue weighted by Gasteiger charge is -2.19. The normalized spacial score (nSPS) is 12.1. The minimum atomic E-state index is -0.500. The molecule has 21 heavy (non-hydrogen) atoms. The van der Waals surface area contributed by atoms with Crippen LogP contribution in [0.5, 0.6) is 0 Å². The molecule has 0 rings (SSSR count). The SMILES string of the molecule is CC(C)COC(=O)NCC(CCN)NC(=O)OCC(C)C. The average Bonchev–Trinajstić information content (AvgIpc) is 2.40. The predicted octanol–water partition coefficient (Wildman–Crippen LogP) is 1.47. The van der Waals surface area contributed by atoms with E-state index in [4.69, 9.17) is 15.2 Å². The molecule has 4 N–H and O–H groups in total. The van der Waals surface area contributed by atoms with E-state index < -0.39 is 12.2 Å². The highest BCUT2D eigenvalue weighted by atomic mass is 16.6. The fraction of sp³-hybridized carbons (Fsp3) is 0.857. The Hall–Kier alpha value is -1.50. The smallest absolute Gasteiger partial charge is 0.407 e. The van der Waals surface area contributed by atoms with Crippen molar-refractivity contribution in [3.63, 3.8) is 0 Å². The van der Waals surface area contributed by atoms with Crippen molar-refractivity contribution in [2.45, 2.75) is 40.2 Å². The van der Waals surface area contributed by atoms with Gasteiger partial charge < -0.3 is 25.8 Å². The molecule has 0 aliphatic rings. The molecular weight excluding hydrogens is 274 g/mol. The third-order valence-electron chi connectivity index (χ3n) is 2.43. The van der Waals surface area contributed by atoms with E-state index in [-0.39, 0.29) is 24.4 Å². The summed E-state index contributed by atoms with van der Waals surface area (Å²) in [5.41, 5.74) is 5.50. The van der Waals surface area contributed by atoms with Crippen molar-refractivity contribution in [3.8, 4) is 0 Å². The average molecular weight is 303 g/mol. The van der Waals surface area contributed by atoms with Crippen molar-refractivity contribution in [2.75, 3.05) is 26.3 Å². The molecule has 0 saturated heterocycles. The molecule has 7 nitrogen and oxygen atoms in total. The number of hydrogen-bond acceptors (Lipinski definition) is 5. The van der Waals surface area contributed by atoms with Gasteiger partial charge in [0.2, 0.25) is 0 Å². The first-order valence-corrected chi connectivity index (χ1v) is 7.39. The highest BCUT2D eigenvalue weighted by molar-refractivity contribution is 5.69. The van der Waals surface area contributed by atoms with Crippen LogP contribution in [0.2, 0.25) is 0 Å². The minimum absolute atomic E-state index is 0.255. The van der Waals surface area contributed by atoms with Crippen LogP contribution in [0.1, 0.15) is 34.1 Å². The second kappa shape index (κ2) is 11.2. The Kier molecular flexibility index (Phi) is 10.4. The van der Waals surface area contributed by atoms with Gasteiger partial charge in [0.05, 0.1) is 19.3 Å². The van der Waals surface area contributed by atoms with Crippen molar-refractivity contribution in [1.29, 1.82) is 0 Å². The van der Waals surface area contributed by atoms with Crippen LogP contribution in [0.3, 0.4) is 0 Å². The molecule has 1 unspecified atom stereocenters. The number of amides is 2. The summed E-state index contributed by atoms with van der Waals surface area (Å²) in [6, 6.07) is -0.277. The van der Waals surface area contributed by atoms with Gasteiger partial charge in [0.15, 0.2) is 0 Å². The summed E-state index contributed by atoms with van der Waals surface area (Å²) >= 11 is 0. The molecule has 0 radical (unpaired) electrons. The Balaban J connectivity index is 4.05. The number of alkyl carbamates (subject to hydrolysis) is 2. The zero-order valence-electron chi connectivity index (χ0n) is 13.5. The van der Waals surface area contributed by atoms with Crippen LogP contribution in [-0.4, -0.2) is 44.5 Å². The zero-order chi connectivity index (χ0) is 16.3. The van der Waals surface area contributed by atoms with E-state index in [9.17, 15) is 9.59 Å². The van der Waals surface area contributed by atoms with E-state index in [1.165, 1.54) is 0 Å². The van der Waals surface area contributed by atoms with Gasteiger partial charge in [0, 0.05) is 6.54 Å². The number of rotatable bonds is 9. The molecule has 0 aromatic heterocycles. The maximum atomic E-state index is 11.6. The second-order valence-corrected chi connectivity index (χ2v) is 5.78. The molecule has 2 amide bonds. The van der Waals surface area contributed by atoms with Gasteiger partial charge in [-0.25, -0.2) is 9.59 Å². The molecular formula is C14H29N3O4. The van der Waals surface area contributed by atoms with Crippen LogP contribution in [-0.2, 0) is 9.47 Å². The van der Waals surface area contributed by atoms with Gasteiger partial charge in [-0.2, -0.15) is 0 Å². The quantitative estimate of drug-likeness (QED) is 0.598. The maximum absolute atomic E-state index is 11.6. The van der Waals surface area contributed by atoms with Gasteiger partial charge in [-0.1, -0.05) is 27.7 Å². The number of carbonyl (C=O) groups is 2. The molecule has 0 fully saturated rings. The van der Waals surface area contributed by atoms with Crippen LogP contribution in [0.25, 0.3) is 0 Å². The molecule has 124 valence electrons. The van der Waals surface area contributed by atoms with E-state index in [2.05, 4.69) is 10.6 Å². The van der Waals surface area contributed by atoms with Crippen LogP contribution in [0.15, 0.2) is 0 Å². The number of hydrogen-bond donors (Lipinski definition) is 3. The van der Waals surface area contributed by atoms with Crippen molar-refractivity contribution >= 4 is 12.2 Å². The Morgan fingerprint density at radius 2 is 1.52 bits per heavy atom. The van der Waals surface area contributed by atoms with E-state index in [1.54, 1.807) is 0 Å². The topological polar surface area (TPSA) is 103 Å². The van der Waals surface area contributed by atoms with Gasteiger partial charge in [-0.15, -0.1) is 0 Å². The fourth-order valence-corrected chi connectivity index (χ4v) is 1.38. The highest BCUT2D eigenvalue weighted by Crippen LogP contribution is 1.96. The molecule has 0 saturated carbocycles. The molecule has 7 heteroatoms. The molecule has 0 bridgehead atoms. The van der Waals surface area contributed by atoms with Gasteiger partial charge in [-0.3, -0.25) is 0 Å². The second-order valence-electron chi connectivity index (χ2n) is 5.78. The van der Waals surface area contributed by atoms with Gasteiger partial charge >= 0.3 is 12.2 Å². The molecule has 0 spiro atoms. The van der Waals surface area contributed by atoms with E-state index in [1.807, 2.05) is 27.7 Å². The first kappa shape index (κ1) is 19.5. The van der Waals surface area contributed by atoms with Gasteiger partial charge in [0.1, 0.15) is 0 Å². The summed E-state index contributed by atoms with van der Waals surface area (Å²) in [7, 11) is 0. The third kappa shape index (κ3) is 12.0. The Morgan fingerprint density at radius 1 is 1.00 bits per heavy atom. The lowest BCUT2D eigenvalue weighted by atomic mass is 10.2. The first-order chi connectivity index (χ1) is 9.85. The van der Waals surface area contributed by atoms with E-state index >= 15 is 0 Å². The first-order valence-electron chi connectivity index (χ1n) is 7.39. The number of carbonyl (C=O) groups excluding carboxylic acids is 2. The Morgan fingerprint density at radius 3 is 2.00 bits per heavy atom. The highest BCUT2D eigenvalue weighted by Gasteiger charge is 2.14. The molecule has 0 aromatic rings. The monoisotopic (exact) mass is 303 g/mol. The molecule has 0 aromatic carbocycles. The van der Waals surface area contributed by atoms with Crippen LogP contribution >= 0.6 is 0 Å². The zero-order valence-corrected chi connectivity index (χ0v) is 13.5. The van der Waals surface area contributed by atoms with Gasteiger partial charge in [0.25, 0.3) is 0 Å². The summed E-state index contributed by atoms with van der Waals surface area (Å²) < 4.78 is 10.0. The third-order valence-corrected chi connectivity index (χ3v) is 2.43. The van der Waals surface area contributed by atoms with Crippen LogP contribution < -0.4 is 16.4 Å². The minimum Gasteiger partial charge on any atom is -0.449 e. The standard InChI is InChI=1S/C14H29N3O4/c1-10(2)8-20-13(18)16-7-12(5-6-15)17-14(19)21-9-11(3)4/h10-12H,5-9,15H2,1-4H3,(H,16,18)(H,17,19). The number of ether oxygens (including phenoxy) is 2. The predicted molar refractivity (Wildman–Crippen MR) is 81.0 cm³/mol. The largest absolute Gasteiger partial charge is 0.449 e. The molecule has 1 atom stereocenters. The van der Waals surface area contributed by atoms with E-state index in [0.717, 1.165) is 0 Å². The van der Waals surface area contributed by atoms with Crippen molar-refractivity contribution in [3.05, 3.63) is 0 Å². The Bertz CT molecular complexity index is 309. The number of nitrogens with two attached hydrogens (primary N) is 1. The molecule has 0 aliphatic carbocycles. The maximum Gasteiger partial charge on any atom is 0.407 e.